The Morgan fingerprint density at radius 2 is 2.50 bits per heavy atom. The van der Waals surface area contributed by atoms with Gasteiger partial charge in [-0.25, -0.2) is 4.79 Å². The molecule has 0 radical (unpaired) electrons. The molecule has 0 aromatic heterocycles. The number of ether oxygens (including phenoxy) is 1. The highest BCUT2D eigenvalue weighted by molar-refractivity contribution is 5.68. The summed E-state index contributed by atoms with van der Waals surface area (Å²) < 4.78 is 4.67. The molecule has 1 saturated heterocycles. The van der Waals surface area contributed by atoms with Crippen molar-refractivity contribution >= 4 is 6.09 Å². The van der Waals surface area contributed by atoms with E-state index in [1.165, 1.54) is 7.11 Å². The molecular weight excluding hydrogens is 156 g/mol. The van der Waals surface area contributed by atoms with Gasteiger partial charge in [0.2, 0.25) is 0 Å². The first kappa shape index (κ1) is 9.32. The Balaban J connectivity index is 2.45. The van der Waals surface area contributed by atoms with E-state index in [0.29, 0.717) is 6.04 Å². The molecule has 12 heavy (non-hydrogen) atoms. The molecule has 1 heterocycles. The first-order chi connectivity index (χ1) is 5.79. The van der Waals surface area contributed by atoms with E-state index in [4.69, 9.17) is 0 Å². The average molecular weight is 172 g/mol. The lowest BCUT2D eigenvalue weighted by Gasteiger charge is -2.22. The molecule has 0 aromatic carbocycles. The number of likely N-dealkylation sites (N-methyl/N-ethyl adjacent to an activating group) is 1. The second kappa shape index (κ2) is 4.30. The zero-order valence-corrected chi connectivity index (χ0v) is 7.67. The number of nitrogens with zero attached hydrogens (tertiary/aromatic N) is 1. The Bertz CT molecular complexity index is 161. The van der Waals surface area contributed by atoms with Gasteiger partial charge in [0, 0.05) is 19.1 Å². The molecule has 1 rings (SSSR count). The fourth-order valence-electron chi connectivity index (χ4n) is 1.64. The standard InChI is InChI=1S/C8H16N2O2/c1-9-6-7-4-3-5-10(7)8(11)12-2/h7,9H,3-6H2,1-2H3. The third-order valence-corrected chi connectivity index (χ3v) is 2.23. The molecule has 1 aliphatic rings. The van der Waals surface area contributed by atoms with Gasteiger partial charge in [-0.3, -0.25) is 0 Å². The quantitative estimate of drug-likeness (QED) is 0.657. The predicted molar refractivity (Wildman–Crippen MR) is 46.1 cm³/mol. The monoisotopic (exact) mass is 172 g/mol. The van der Waals surface area contributed by atoms with Crippen LogP contribution in [0.15, 0.2) is 0 Å². The Kier molecular flexibility index (Phi) is 3.34. The molecule has 0 aliphatic carbocycles. The van der Waals surface area contributed by atoms with Crippen LogP contribution in [0.5, 0.6) is 0 Å². The van der Waals surface area contributed by atoms with E-state index in [1.54, 1.807) is 4.90 Å². The maximum absolute atomic E-state index is 11.2. The van der Waals surface area contributed by atoms with Crippen LogP contribution in [0.4, 0.5) is 4.79 Å². The van der Waals surface area contributed by atoms with Crippen LogP contribution in [0, 0.1) is 0 Å². The first-order valence-corrected chi connectivity index (χ1v) is 4.28. The van der Waals surface area contributed by atoms with Crippen LogP contribution in [0.1, 0.15) is 12.8 Å². The first-order valence-electron chi connectivity index (χ1n) is 4.28. The summed E-state index contributed by atoms with van der Waals surface area (Å²) in [5.41, 5.74) is 0. The highest BCUT2D eigenvalue weighted by Crippen LogP contribution is 2.16. The molecule has 0 spiro atoms. The third-order valence-electron chi connectivity index (χ3n) is 2.23. The molecular formula is C8H16N2O2. The van der Waals surface area contributed by atoms with Crippen LogP contribution in [-0.2, 0) is 4.74 Å². The van der Waals surface area contributed by atoms with Crippen molar-refractivity contribution < 1.29 is 9.53 Å². The number of rotatable bonds is 2. The second-order valence-corrected chi connectivity index (χ2v) is 3.02. The van der Waals surface area contributed by atoms with Gasteiger partial charge in [-0.2, -0.15) is 0 Å². The molecule has 1 N–H and O–H groups in total. The summed E-state index contributed by atoms with van der Waals surface area (Å²) in [5.74, 6) is 0. The van der Waals surface area contributed by atoms with E-state index in [2.05, 4.69) is 10.1 Å². The van der Waals surface area contributed by atoms with Crippen LogP contribution >= 0.6 is 0 Å². The minimum absolute atomic E-state index is 0.201. The van der Waals surface area contributed by atoms with Gasteiger partial charge in [0.15, 0.2) is 0 Å². The van der Waals surface area contributed by atoms with Crippen molar-refractivity contribution in [2.75, 3.05) is 27.2 Å². The van der Waals surface area contributed by atoms with Crippen LogP contribution in [0.3, 0.4) is 0 Å². The molecule has 70 valence electrons. The number of nitrogens with one attached hydrogen (secondary N) is 1. The van der Waals surface area contributed by atoms with Gasteiger partial charge in [0.1, 0.15) is 0 Å². The van der Waals surface area contributed by atoms with Gasteiger partial charge in [0.05, 0.1) is 7.11 Å². The maximum Gasteiger partial charge on any atom is 0.409 e. The highest BCUT2D eigenvalue weighted by Gasteiger charge is 2.28. The van der Waals surface area contributed by atoms with E-state index in [0.717, 1.165) is 25.9 Å². The zero-order valence-electron chi connectivity index (χ0n) is 7.67. The SMILES string of the molecule is CNCC1CCCN1C(=O)OC. The molecule has 0 aromatic rings. The van der Waals surface area contributed by atoms with Gasteiger partial charge < -0.3 is 15.0 Å². The van der Waals surface area contributed by atoms with Crippen molar-refractivity contribution in [3.05, 3.63) is 0 Å². The van der Waals surface area contributed by atoms with E-state index in [9.17, 15) is 4.79 Å². The van der Waals surface area contributed by atoms with Crippen LogP contribution in [0.25, 0.3) is 0 Å². The summed E-state index contributed by atoms with van der Waals surface area (Å²) in [6, 6.07) is 0.322. The fraction of sp³-hybridized carbons (Fsp3) is 0.875. The average Bonchev–Trinajstić information content (AvgIpc) is 2.52. The van der Waals surface area contributed by atoms with E-state index >= 15 is 0 Å². The minimum Gasteiger partial charge on any atom is -0.453 e. The predicted octanol–water partition coefficient (Wildman–Crippen LogP) is 0.437. The summed E-state index contributed by atoms with van der Waals surface area (Å²) in [6.45, 7) is 1.69. The molecule has 4 heteroatoms. The number of carbonyl (C=O) groups is 1. The molecule has 1 amide bonds. The smallest absolute Gasteiger partial charge is 0.409 e. The largest absolute Gasteiger partial charge is 0.453 e. The number of hydrogen-bond donors (Lipinski definition) is 1. The van der Waals surface area contributed by atoms with Crippen LogP contribution in [-0.4, -0.2) is 44.3 Å². The molecule has 1 aliphatic heterocycles. The van der Waals surface area contributed by atoms with Crippen molar-refractivity contribution in [3.63, 3.8) is 0 Å². The lowest BCUT2D eigenvalue weighted by atomic mass is 10.2. The number of amides is 1. The van der Waals surface area contributed by atoms with Gasteiger partial charge in [0.25, 0.3) is 0 Å². The van der Waals surface area contributed by atoms with E-state index < -0.39 is 0 Å². The Labute approximate surface area is 72.9 Å². The van der Waals surface area contributed by atoms with Crippen molar-refractivity contribution in [2.45, 2.75) is 18.9 Å². The summed E-state index contributed by atoms with van der Waals surface area (Å²) >= 11 is 0. The van der Waals surface area contributed by atoms with Crippen molar-refractivity contribution in [2.24, 2.45) is 0 Å². The molecule has 4 nitrogen and oxygen atoms in total. The number of likely N-dealkylation sites (tertiary alicyclic amines) is 1. The lowest BCUT2D eigenvalue weighted by molar-refractivity contribution is 0.119. The highest BCUT2D eigenvalue weighted by atomic mass is 16.5. The molecule has 0 saturated carbocycles. The minimum atomic E-state index is -0.201. The fourth-order valence-corrected chi connectivity index (χ4v) is 1.64. The normalized spacial score (nSPS) is 22.8. The van der Waals surface area contributed by atoms with Gasteiger partial charge in [-0.05, 0) is 19.9 Å². The Morgan fingerprint density at radius 1 is 1.75 bits per heavy atom. The molecule has 1 atom stereocenters. The summed E-state index contributed by atoms with van der Waals surface area (Å²) in [7, 11) is 3.32. The molecule has 1 fully saturated rings. The third kappa shape index (κ3) is 1.88. The lowest BCUT2D eigenvalue weighted by Crippen LogP contribution is -2.40. The topological polar surface area (TPSA) is 41.6 Å². The van der Waals surface area contributed by atoms with Crippen LogP contribution in [0.2, 0.25) is 0 Å². The Hall–Kier alpha value is -0.770. The van der Waals surface area contributed by atoms with Gasteiger partial charge >= 0.3 is 6.09 Å². The van der Waals surface area contributed by atoms with Gasteiger partial charge in [-0.15, -0.1) is 0 Å². The Morgan fingerprint density at radius 3 is 3.08 bits per heavy atom. The van der Waals surface area contributed by atoms with Crippen molar-refractivity contribution in [3.8, 4) is 0 Å². The molecule has 1 unspecified atom stereocenters. The summed E-state index contributed by atoms with van der Waals surface area (Å²) in [4.78, 5) is 13.0. The van der Waals surface area contributed by atoms with E-state index in [1.807, 2.05) is 7.05 Å². The van der Waals surface area contributed by atoms with Crippen molar-refractivity contribution in [1.82, 2.24) is 10.2 Å². The number of methoxy groups -OCH3 is 1. The maximum atomic E-state index is 11.2. The van der Waals surface area contributed by atoms with Crippen molar-refractivity contribution in [1.29, 1.82) is 0 Å². The summed E-state index contributed by atoms with van der Waals surface area (Å²) in [6.07, 6.45) is 1.96. The number of carbonyl (C=O) groups excluding carboxylic acids is 1. The van der Waals surface area contributed by atoms with Gasteiger partial charge in [-0.1, -0.05) is 0 Å². The molecule has 0 bridgehead atoms. The number of hydrogen-bond acceptors (Lipinski definition) is 3. The second-order valence-electron chi connectivity index (χ2n) is 3.02. The van der Waals surface area contributed by atoms with E-state index in [-0.39, 0.29) is 6.09 Å². The van der Waals surface area contributed by atoms with Crippen LogP contribution < -0.4 is 5.32 Å². The summed E-state index contributed by atoms with van der Waals surface area (Å²) in [5, 5.41) is 3.07. The zero-order chi connectivity index (χ0) is 8.97.